The molecule has 2 aliphatic rings. The number of hydrogen-bond donors (Lipinski definition) is 1. The van der Waals surface area contributed by atoms with Crippen LogP contribution in [0.15, 0.2) is 53.1 Å². The summed E-state index contributed by atoms with van der Waals surface area (Å²) in [6.45, 7) is 0.806. The molecule has 0 saturated heterocycles. The quantitative estimate of drug-likeness (QED) is 0.425. The largest absolute Gasteiger partial charge is 0.493 e. The highest BCUT2D eigenvalue weighted by Crippen LogP contribution is 2.43. The highest BCUT2D eigenvalue weighted by molar-refractivity contribution is 6.09. The first kappa shape index (κ1) is 26.3. The van der Waals surface area contributed by atoms with Gasteiger partial charge in [0.05, 0.1) is 27.6 Å². The molecule has 39 heavy (non-hydrogen) atoms. The molecule has 2 amide bonds. The summed E-state index contributed by atoms with van der Waals surface area (Å²) in [4.78, 5) is 29.6. The van der Waals surface area contributed by atoms with Crippen LogP contribution in [0.25, 0.3) is 0 Å². The monoisotopic (exact) mass is 536 g/mol. The highest BCUT2D eigenvalue weighted by atomic mass is 16.6. The van der Waals surface area contributed by atoms with E-state index in [1.54, 1.807) is 42.5 Å². The van der Waals surface area contributed by atoms with Crippen molar-refractivity contribution >= 4 is 17.5 Å². The Morgan fingerprint density at radius 1 is 0.923 bits per heavy atom. The van der Waals surface area contributed by atoms with E-state index in [0.717, 1.165) is 25.7 Å². The molecule has 1 atom stereocenters. The minimum Gasteiger partial charge on any atom is -0.493 e. The third kappa shape index (κ3) is 5.32. The van der Waals surface area contributed by atoms with Crippen LogP contribution in [0, 0.1) is 0 Å². The molecular formula is C29H32N2O8. The van der Waals surface area contributed by atoms with Crippen LogP contribution < -0.4 is 33.9 Å². The zero-order valence-electron chi connectivity index (χ0n) is 22.2. The van der Waals surface area contributed by atoms with Gasteiger partial charge in [0.1, 0.15) is 19.3 Å². The lowest BCUT2D eigenvalue weighted by atomic mass is 10.0. The third-order valence-corrected chi connectivity index (χ3v) is 6.97. The lowest BCUT2D eigenvalue weighted by molar-refractivity contribution is -0.123. The lowest BCUT2D eigenvalue weighted by Crippen LogP contribution is -2.46. The van der Waals surface area contributed by atoms with Crippen molar-refractivity contribution in [3.8, 4) is 28.7 Å². The number of furan rings is 1. The Balaban J connectivity index is 1.68. The van der Waals surface area contributed by atoms with Gasteiger partial charge in [-0.05, 0) is 54.8 Å². The van der Waals surface area contributed by atoms with Crippen LogP contribution in [0.5, 0.6) is 28.7 Å². The van der Waals surface area contributed by atoms with Gasteiger partial charge in [-0.25, -0.2) is 0 Å². The minimum atomic E-state index is -1.11. The molecule has 10 nitrogen and oxygen atoms in total. The SMILES string of the molecule is COc1cc(C(C(=O)NC2CCCC2)N(C(=O)c2ccco2)c2ccc3c(c2)OCCO3)cc(OC)c1OC. The molecule has 10 heteroatoms. The van der Waals surface area contributed by atoms with E-state index in [-0.39, 0.29) is 17.7 Å². The van der Waals surface area contributed by atoms with Crippen molar-refractivity contribution in [3.05, 3.63) is 60.1 Å². The van der Waals surface area contributed by atoms with Gasteiger partial charge in [0.2, 0.25) is 11.7 Å². The number of fused-ring (bicyclic) bond motifs is 1. The number of ether oxygens (including phenoxy) is 5. The molecule has 0 spiro atoms. The van der Waals surface area contributed by atoms with Crippen molar-refractivity contribution in [1.29, 1.82) is 0 Å². The summed E-state index contributed by atoms with van der Waals surface area (Å²) in [5, 5.41) is 3.16. The van der Waals surface area contributed by atoms with Crippen LogP contribution in [-0.2, 0) is 4.79 Å². The van der Waals surface area contributed by atoms with Crippen molar-refractivity contribution in [2.45, 2.75) is 37.8 Å². The first-order valence-electron chi connectivity index (χ1n) is 12.9. The van der Waals surface area contributed by atoms with Gasteiger partial charge in [-0.3, -0.25) is 14.5 Å². The first-order valence-corrected chi connectivity index (χ1v) is 12.9. The summed E-state index contributed by atoms with van der Waals surface area (Å²) >= 11 is 0. The van der Waals surface area contributed by atoms with E-state index in [1.165, 1.54) is 32.5 Å². The predicted molar refractivity (Wildman–Crippen MR) is 142 cm³/mol. The molecule has 3 aromatic rings. The number of nitrogens with one attached hydrogen (secondary N) is 1. The van der Waals surface area contributed by atoms with Crippen molar-refractivity contribution in [3.63, 3.8) is 0 Å². The lowest BCUT2D eigenvalue weighted by Gasteiger charge is -2.33. The second-order valence-electron chi connectivity index (χ2n) is 9.33. The van der Waals surface area contributed by atoms with Crippen LogP contribution in [-0.4, -0.2) is 52.4 Å². The topological polar surface area (TPSA) is 109 Å². The number of methoxy groups -OCH3 is 3. The summed E-state index contributed by atoms with van der Waals surface area (Å²) in [6, 6.07) is 10.6. The van der Waals surface area contributed by atoms with Crippen molar-refractivity contribution in [1.82, 2.24) is 5.32 Å². The molecule has 0 radical (unpaired) electrons. The summed E-state index contributed by atoms with van der Waals surface area (Å²) in [5.41, 5.74) is 0.899. The second kappa shape index (κ2) is 11.6. The normalized spacial score (nSPS) is 15.4. The van der Waals surface area contributed by atoms with E-state index < -0.39 is 11.9 Å². The summed E-state index contributed by atoms with van der Waals surface area (Å²) in [7, 11) is 4.51. The van der Waals surface area contributed by atoms with Crippen molar-refractivity contribution < 1.29 is 37.7 Å². The Hall–Kier alpha value is -4.34. The molecule has 1 aliphatic heterocycles. The molecule has 2 aromatic carbocycles. The standard InChI is InChI=1S/C29H32N2O8/c1-34-24-15-18(16-25(35-2)27(24)36-3)26(28(32)30-19-7-4-5-8-19)31(29(33)22-9-6-12-37-22)20-10-11-21-23(17-20)39-14-13-38-21/h6,9-12,15-17,19,26H,4-5,7-8,13-14H2,1-3H3,(H,30,32). The van der Waals surface area contributed by atoms with Gasteiger partial charge in [-0.15, -0.1) is 0 Å². The fourth-order valence-electron chi connectivity index (χ4n) is 5.11. The molecule has 1 saturated carbocycles. The molecule has 0 bridgehead atoms. The highest BCUT2D eigenvalue weighted by Gasteiger charge is 2.37. The van der Waals surface area contributed by atoms with E-state index in [9.17, 15) is 9.59 Å². The maximum Gasteiger partial charge on any atom is 0.294 e. The number of benzene rings is 2. The Morgan fingerprint density at radius 3 is 2.23 bits per heavy atom. The molecule has 1 aliphatic carbocycles. The van der Waals surface area contributed by atoms with E-state index in [4.69, 9.17) is 28.1 Å². The van der Waals surface area contributed by atoms with Gasteiger partial charge in [0, 0.05) is 17.8 Å². The Labute approximate surface area is 226 Å². The average Bonchev–Trinajstić information content (AvgIpc) is 3.69. The third-order valence-electron chi connectivity index (χ3n) is 6.97. The van der Waals surface area contributed by atoms with Crippen LogP contribution in [0.3, 0.4) is 0 Å². The maximum absolute atomic E-state index is 14.1. The summed E-state index contributed by atoms with van der Waals surface area (Å²) < 4.78 is 33.6. The van der Waals surface area contributed by atoms with Gasteiger partial charge >= 0.3 is 0 Å². The molecule has 1 fully saturated rings. The molecule has 5 rings (SSSR count). The molecule has 1 aromatic heterocycles. The number of anilines is 1. The summed E-state index contributed by atoms with van der Waals surface area (Å²) in [6.07, 6.45) is 5.25. The van der Waals surface area contributed by atoms with E-state index in [0.29, 0.717) is 53.2 Å². The van der Waals surface area contributed by atoms with Gasteiger partial charge in [-0.1, -0.05) is 12.8 Å². The maximum atomic E-state index is 14.1. The first-order chi connectivity index (χ1) is 19.0. The van der Waals surface area contributed by atoms with Gasteiger partial charge < -0.3 is 33.4 Å². The zero-order chi connectivity index (χ0) is 27.4. The van der Waals surface area contributed by atoms with Crippen LogP contribution >= 0.6 is 0 Å². The number of amides is 2. The number of nitrogens with zero attached hydrogens (tertiary/aromatic N) is 1. The van der Waals surface area contributed by atoms with E-state index >= 15 is 0 Å². The van der Waals surface area contributed by atoms with E-state index in [2.05, 4.69) is 5.32 Å². The van der Waals surface area contributed by atoms with Crippen LogP contribution in [0.4, 0.5) is 5.69 Å². The van der Waals surface area contributed by atoms with Crippen LogP contribution in [0.2, 0.25) is 0 Å². The van der Waals surface area contributed by atoms with E-state index in [1.807, 2.05) is 0 Å². The van der Waals surface area contributed by atoms with Crippen molar-refractivity contribution in [2.75, 3.05) is 39.4 Å². The van der Waals surface area contributed by atoms with Crippen molar-refractivity contribution in [2.24, 2.45) is 0 Å². The fourth-order valence-corrected chi connectivity index (χ4v) is 5.11. The molecule has 1 unspecified atom stereocenters. The second-order valence-corrected chi connectivity index (χ2v) is 9.33. The average molecular weight is 537 g/mol. The van der Waals surface area contributed by atoms with Gasteiger partial charge in [-0.2, -0.15) is 0 Å². The fraction of sp³-hybridized carbons (Fsp3) is 0.379. The Morgan fingerprint density at radius 2 is 1.62 bits per heavy atom. The number of carbonyl (C=O) groups is 2. The zero-order valence-corrected chi connectivity index (χ0v) is 22.2. The number of hydrogen-bond acceptors (Lipinski definition) is 8. The minimum absolute atomic E-state index is 0.0165. The summed E-state index contributed by atoms with van der Waals surface area (Å²) in [5.74, 6) is 1.38. The Bertz CT molecular complexity index is 1290. The number of carbonyl (C=O) groups excluding carboxylic acids is 2. The molecular weight excluding hydrogens is 504 g/mol. The smallest absolute Gasteiger partial charge is 0.294 e. The predicted octanol–water partition coefficient (Wildman–Crippen LogP) is 4.52. The van der Waals surface area contributed by atoms with Gasteiger partial charge in [0.15, 0.2) is 28.8 Å². The molecule has 2 heterocycles. The molecule has 206 valence electrons. The Kier molecular flexibility index (Phi) is 7.81. The van der Waals surface area contributed by atoms with Gasteiger partial charge in [0.25, 0.3) is 5.91 Å². The molecule has 1 N–H and O–H groups in total. The van der Waals surface area contributed by atoms with Crippen LogP contribution in [0.1, 0.15) is 47.8 Å². The number of rotatable bonds is 9.